The molecule has 2 aliphatic heterocycles. The number of carbonyl (C=O) groups excluding carboxylic acids is 1. The van der Waals surface area contributed by atoms with E-state index < -0.39 is 0 Å². The van der Waals surface area contributed by atoms with E-state index in [4.69, 9.17) is 14.0 Å². The van der Waals surface area contributed by atoms with Crippen LogP contribution in [-0.2, 0) is 11.3 Å². The molecule has 3 heterocycles. The highest BCUT2D eigenvalue weighted by Crippen LogP contribution is 2.25. The number of carbonyl (C=O) groups is 1. The van der Waals surface area contributed by atoms with Crippen LogP contribution in [0.4, 0.5) is 4.39 Å². The molecule has 2 aromatic rings. The van der Waals surface area contributed by atoms with Crippen LogP contribution in [-0.4, -0.2) is 66.9 Å². The highest BCUT2D eigenvalue weighted by molar-refractivity contribution is 5.92. The first-order valence-electron chi connectivity index (χ1n) is 9.40. The van der Waals surface area contributed by atoms with E-state index in [0.717, 1.165) is 6.54 Å². The number of amides is 1. The highest BCUT2D eigenvalue weighted by atomic mass is 19.1. The molecule has 0 spiro atoms. The molecular formula is C20H24FN3O4. The number of hydrogen-bond acceptors (Lipinski definition) is 6. The van der Waals surface area contributed by atoms with Crippen LogP contribution in [0, 0.1) is 18.7 Å². The third-order valence-electron chi connectivity index (χ3n) is 5.30. The number of benzene rings is 1. The van der Waals surface area contributed by atoms with Gasteiger partial charge in [0.05, 0.1) is 26.4 Å². The van der Waals surface area contributed by atoms with Gasteiger partial charge in [0.1, 0.15) is 17.3 Å². The van der Waals surface area contributed by atoms with Crippen LogP contribution in [0.25, 0.3) is 0 Å². The van der Waals surface area contributed by atoms with Crippen molar-refractivity contribution >= 4 is 5.91 Å². The Morgan fingerprint density at radius 2 is 2.14 bits per heavy atom. The van der Waals surface area contributed by atoms with Crippen molar-refractivity contribution in [3.05, 3.63) is 47.1 Å². The Bertz CT molecular complexity index is 856. The molecule has 0 saturated carbocycles. The third kappa shape index (κ3) is 3.88. The minimum atomic E-state index is -0.252. The maximum Gasteiger partial charge on any atom is 0.276 e. The summed E-state index contributed by atoms with van der Waals surface area (Å²) in [5.41, 5.74) is 0.903. The monoisotopic (exact) mass is 389 g/mol. The van der Waals surface area contributed by atoms with E-state index in [1.807, 2.05) is 4.90 Å². The molecule has 2 bridgehead atoms. The van der Waals surface area contributed by atoms with Gasteiger partial charge < -0.3 is 18.9 Å². The predicted molar refractivity (Wildman–Crippen MR) is 98.6 cm³/mol. The molecule has 4 rings (SSSR count). The summed E-state index contributed by atoms with van der Waals surface area (Å²) < 4.78 is 30.4. The minimum absolute atomic E-state index is 0.120. The summed E-state index contributed by atoms with van der Waals surface area (Å²) in [6.45, 7) is 5.18. The molecule has 0 aliphatic carbocycles. The molecule has 1 aromatic heterocycles. The summed E-state index contributed by atoms with van der Waals surface area (Å²) in [5.74, 6) is 0.989. The minimum Gasteiger partial charge on any atom is -0.497 e. The van der Waals surface area contributed by atoms with Crippen LogP contribution in [0.15, 0.2) is 28.8 Å². The lowest BCUT2D eigenvalue weighted by Gasteiger charge is -2.31. The highest BCUT2D eigenvalue weighted by Gasteiger charge is 2.37. The Morgan fingerprint density at radius 3 is 2.89 bits per heavy atom. The summed E-state index contributed by atoms with van der Waals surface area (Å²) in [7, 11) is 1.57. The fourth-order valence-corrected chi connectivity index (χ4v) is 3.97. The molecule has 28 heavy (non-hydrogen) atoms. The van der Waals surface area contributed by atoms with Crippen LogP contribution in [0.2, 0.25) is 0 Å². The van der Waals surface area contributed by atoms with Gasteiger partial charge in [-0.25, -0.2) is 4.39 Å². The maximum atomic E-state index is 14.3. The van der Waals surface area contributed by atoms with E-state index in [9.17, 15) is 9.18 Å². The average Bonchev–Trinajstić information content (AvgIpc) is 2.91. The van der Waals surface area contributed by atoms with Gasteiger partial charge in [0.15, 0.2) is 5.69 Å². The first kappa shape index (κ1) is 18.9. The number of ether oxygens (including phenoxy) is 2. The van der Waals surface area contributed by atoms with Crippen LogP contribution < -0.4 is 4.74 Å². The van der Waals surface area contributed by atoms with E-state index in [2.05, 4.69) is 10.1 Å². The summed E-state index contributed by atoms with van der Waals surface area (Å²) in [6, 6.07) is 6.31. The van der Waals surface area contributed by atoms with Crippen LogP contribution in [0.3, 0.4) is 0 Å². The zero-order valence-corrected chi connectivity index (χ0v) is 16.1. The number of aromatic nitrogens is 1. The molecule has 2 fully saturated rings. The normalized spacial score (nSPS) is 22.8. The second kappa shape index (κ2) is 7.89. The molecule has 2 aliphatic rings. The van der Waals surface area contributed by atoms with E-state index in [-0.39, 0.29) is 23.7 Å². The third-order valence-corrected chi connectivity index (χ3v) is 5.30. The molecule has 1 aromatic carbocycles. The summed E-state index contributed by atoms with van der Waals surface area (Å²) in [6.07, 6.45) is 0. The lowest BCUT2D eigenvalue weighted by atomic mass is 10.1. The Kier molecular flexibility index (Phi) is 5.32. The van der Waals surface area contributed by atoms with Crippen molar-refractivity contribution in [2.45, 2.75) is 19.5 Å². The number of rotatable bonds is 4. The first-order valence-corrected chi connectivity index (χ1v) is 9.40. The van der Waals surface area contributed by atoms with Gasteiger partial charge in [-0.1, -0.05) is 5.16 Å². The quantitative estimate of drug-likeness (QED) is 0.798. The summed E-state index contributed by atoms with van der Waals surface area (Å²) in [4.78, 5) is 17.0. The van der Waals surface area contributed by atoms with Crippen molar-refractivity contribution in [3.63, 3.8) is 0 Å². The maximum absolute atomic E-state index is 14.3. The molecule has 2 atom stereocenters. The molecule has 0 radical (unpaired) electrons. The smallest absolute Gasteiger partial charge is 0.276 e. The number of halogens is 1. The van der Waals surface area contributed by atoms with E-state index in [1.54, 1.807) is 32.2 Å². The molecule has 7 nitrogen and oxygen atoms in total. The van der Waals surface area contributed by atoms with Crippen molar-refractivity contribution in [2.75, 3.05) is 40.0 Å². The van der Waals surface area contributed by atoms with Crippen LogP contribution in [0.1, 0.15) is 21.8 Å². The fourth-order valence-electron chi connectivity index (χ4n) is 3.97. The SMILES string of the molecule is COc1ccc(F)c(CN2C[C@@H]3COC[C@H](C2)N(C(=O)c2cc(C)on2)C3)c1. The lowest BCUT2D eigenvalue weighted by molar-refractivity contribution is 0.0417. The predicted octanol–water partition coefficient (Wildman–Crippen LogP) is 2.10. The van der Waals surface area contributed by atoms with Crippen molar-refractivity contribution in [2.24, 2.45) is 5.92 Å². The van der Waals surface area contributed by atoms with E-state index in [0.29, 0.717) is 55.6 Å². The summed E-state index contributed by atoms with van der Waals surface area (Å²) >= 11 is 0. The topological polar surface area (TPSA) is 68.0 Å². The number of fused-ring (bicyclic) bond motifs is 3. The zero-order chi connectivity index (χ0) is 19.7. The zero-order valence-electron chi connectivity index (χ0n) is 16.1. The number of hydrogen-bond donors (Lipinski definition) is 0. The van der Waals surface area contributed by atoms with Crippen molar-refractivity contribution < 1.29 is 23.2 Å². The van der Waals surface area contributed by atoms with Gasteiger partial charge in [-0.2, -0.15) is 0 Å². The molecular weight excluding hydrogens is 365 g/mol. The first-order chi connectivity index (χ1) is 13.5. The van der Waals surface area contributed by atoms with Crippen molar-refractivity contribution in [3.8, 4) is 5.75 Å². The molecule has 2 saturated heterocycles. The molecule has 0 N–H and O–H groups in total. The molecule has 0 unspecified atom stereocenters. The standard InChI is InChI=1S/C20H24FN3O4/c1-13-5-19(22-28-13)20(25)24-8-14-7-23(10-16(24)12-27-11-14)9-15-6-17(26-2)3-4-18(15)21/h3-6,14,16H,7-12H2,1-2H3/t14-,16-/m0/s1. The average molecular weight is 389 g/mol. The van der Waals surface area contributed by atoms with Gasteiger partial charge in [0.2, 0.25) is 0 Å². The fraction of sp³-hybridized carbons (Fsp3) is 0.500. The largest absolute Gasteiger partial charge is 0.497 e. The van der Waals surface area contributed by atoms with Crippen LogP contribution in [0.5, 0.6) is 5.75 Å². The molecule has 150 valence electrons. The van der Waals surface area contributed by atoms with Gasteiger partial charge in [0.25, 0.3) is 5.91 Å². The second-order valence-corrected chi connectivity index (χ2v) is 7.49. The Hall–Kier alpha value is -2.45. The summed E-state index contributed by atoms with van der Waals surface area (Å²) in [5, 5.41) is 3.87. The number of methoxy groups -OCH3 is 1. The molecule has 1 amide bonds. The van der Waals surface area contributed by atoms with Gasteiger partial charge in [-0.05, 0) is 25.1 Å². The number of nitrogens with zero attached hydrogens (tertiary/aromatic N) is 3. The Morgan fingerprint density at radius 1 is 1.29 bits per heavy atom. The molecule has 8 heteroatoms. The van der Waals surface area contributed by atoms with Crippen molar-refractivity contribution in [1.82, 2.24) is 15.0 Å². The Balaban J connectivity index is 1.54. The van der Waals surface area contributed by atoms with Gasteiger partial charge >= 0.3 is 0 Å². The lowest BCUT2D eigenvalue weighted by Crippen LogP contribution is -2.46. The van der Waals surface area contributed by atoms with Crippen molar-refractivity contribution in [1.29, 1.82) is 0 Å². The number of aryl methyl sites for hydroxylation is 1. The second-order valence-electron chi connectivity index (χ2n) is 7.49. The van der Waals surface area contributed by atoms with Gasteiger partial charge in [-0.15, -0.1) is 0 Å². The van der Waals surface area contributed by atoms with Gasteiger partial charge in [0, 0.05) is 43.7 Å². The Labute approximate surface area is 163 Å². The van der Waals surface area contributed by atoms with Crippen LogP contribution >= 0.6 is 0 Å². The van der Waals surface area contributed by atoms with E-state index in [1.165, 1.54) is 6.07 Å². The van der Waals surface area contributed by atoms with E-state index >= 15 is 0 Å². The van der Waals surface area contributed by atoms with Gasteiger partial charge in [-0.3, -0.25) is 9.69 Å².